The molecule has 0 unspecified atom stereocenters. The molecule has 0 bridgehead atoms. The van der Waals surface area contributed by atoms with Crippen molar-refractivity contribution in [3.8, 4) is 11.3 Å². The van der Waals surface area contributed by atoms with E-state index in [0.717, 1.165) is 11.1 Å². The highest BCUT2D eigenvalue weighted by atomic mass is 35.5. The number of nitrogens with one attached hydrogen (secondary N) is 1. The first-order valence-electron chi connectivity index (χ1n) is 7.73. The van der Waals surface area contributed by atoms with E-state index in [2.05, 4.69) is 25.3 Å². The van der Waals surface area contributed by atoms with Crippen molar-refractivity contribution in [1.29, 1.82) is 0 Å². The monoisotopic (exact) mass is 366 g/mol. The molecule has 26 heavy (non-hydrogen) atoms. The Morgan fingerprint density at radius 1 is 1.15 bits per heavy atom. The summed E-state index contributed by atoms with van der Waals surface area (Å²) in [5, 5.41) is 6.72. The maximum absolute atomic E-state index is 12.5. The van der Waals surface area contributed by atoms with E-state index in [1.54, 1.807) is 30.6 Å². The minimum Gasteiger partial charge on any atom is -0.399 e. The number of halogens is 1. The van der Waals surface area contributed by atoms with Crippen LogP contribution in [0.2, 0.25) is 5.15 Å². The van der Waals surface area contributed by atoms with Gasteiger partial charge in [-0.25, -0.2) is 4.98 Å². The van der Waals surface area contributed by atoms with Crippen molar-refractivity contribution in [2.24, 2.45) is 5.16 Å². The van der Waals surface area contributed by atoms with Gasteiger partial charge in [0, 0.05) is 23.5 Å². The summed E-state index contributed by atoms with van der Waals surface area (Å²) in [6.45, 7) is 0. The summed E-state index contributed by atoms with van der Waals surface area (Å²) in [7, 11) is 1.48. The molecule has 130 valence electrons. The molecule has 0 saturated heterocycles. The third kappa shape index (κ3) is 4.04. The van der Waals surface area contributed by atoms with Crippen LogP contribution in [0.3, 0.4) is 0 Å². The van der Waals surface area contributed by atoms with E-state index in [4.69, 9.17) is 11.6 Å². The smallest absolute Gasteiger partial charge is 0.258 e. The first-order chi connectivity index (χ1) is 12.7. The lowest BCUT2D eigenvalue weighted by atomic mass is 10.1. The largest absolute Gasteiger partial charge is 0.399 e. The number of amides is 1. The molecular weight excluding hydrogens is 352 g/mol. The van der Waals surface area contributed by atoms with Crippen molar-refractivity contribution in [1.82, 2.24) is 9.97 Å². The summed E-state index contributed by atoms with van der Waals surface area (Å²) >= 11 is 5.99. The van der Waals surface area contributed by atoms with E-state index >= 15 is 0 Å². The molecule has 7 heteroatoms. The van der Waals surface area contributed by atoms with Crippen LogP contribution in [0.5, 0.6) is 0 Å². The third-order valence-electron chi connectivity index (χ3n) is 3.55. The van der Waals surface area contributed by atoms with E-state index in [9.17, 15) is 4.79 Å². The average molecular weight is 367 g/mol. The quantitative estimate of drug-likeness (QED) is 0.420. The highest BCUT2D eigenvalue weighted by Gasteiger charge is 2.13. The number of hydrogen-bond acceptors (Lipinski definition) is 5. The van der Waals surface area contributed by atoms with Crippen LogP contribution in [0.1, 0.15) is 15.9 Å². The summed E-state index contributed by atoms with van der Waals surface area (Å²) in [4.78, 5) is 25.5. The van der Waals surface area contributed by atoms with Crippen LogP contribution in [0.25, 0.3) is 11.3 Å². The normalized spacial score (nSPS) is 10.7. The third-order valence-corrected chi connectivity index (χ3v) is 3.85. The zero-order valence-electron chi connectivity index (χ0n) is 13.9. The summed E-state index contributed by atoms with van der Waals surface area (Å²) < 4.78 is 0. The molecule has 0 aliphatic heterocycles. The van der Waals surface area contributed by atoms with E-state index in [-0.39, 0.29) is 11.1 Å². The maximum Gasteiger partial charge on any atom is 0.258 e. The van der Waals surface area contributed by atoms with Crippen molar-refractivity contribution >= 4 is 29.4 Å². The highest BCUT2D eigenvalue weighted by Crippen LogP contribution is 2.27. The zero-order chi connectivity index (χ0) is 18.4. The zero-order valence-corrected chi connectivity index (χ0v) is 14.6. The second kappa shape index (κ2) is 8.22. The predicted octanol–water partition coefficient (Wildman–Crippen LogP) is 4.03. The topological polar surface area (TPSA) is 76.5 Å². The van der Waals surface area contributed by atoms with Gasteiger partial charge in [0.2, 0.25) is 0 Å². The number of oxime groups is 1. The maximum atomic E-state index is 12.5. The van der Waals surface area contributed by atoms with Gasteiger partial charge in [0.1, 0.15) is 12.3 Å². The van der Waals surface area contributed by atoms with E-state index in [1.807, 2.05) is 30.3 Å². The molecule has 1 aromatic carbocycles. The first-order valence-corrected chi connectivity index (χ1v) is 8.10. The minimum atomic E-state index is -0.334. The second-order valence-electron chi connectivity index (χ2n) is 5.24. The fraction of sp³-hybridized carbons (Fsp3) is 0.0526. The summed E-state index contributed by atoms with van der Waals surface area (Å²) in [6, 6.07) is 14.4. The van der Waals surface area contributed by atoms with Gasteiger partial charge >= 0.3 is 0 Å². The van der Waals surface area contributed by atoms with Crippen molar-refractivity contribution < 1.29 is 9.63 Å². The number of hydrogen-bond donors (Lipinski definition) is 1. The molecule has 2 heterocycles. The number of pyridine rings is 2. The van der Waals surface area contributed by atoms with E-state index in [1.165, 1.54) is 13.3 Å². The number of anilines is 1. The van der Waals surface area contributed by atoms with E-state index < -0.39 is 0 Å². The Bertz CT molecular complexity index is 942. The number of carbonyl (C=O) groups is 1. The molecule has 0 spiro atoms. The predicted molar refractivity (Wildman–Crippen MR) is 101 cm³/mol. The molecule has 1 N–H and O–H groups in total. The van der Waals surface area contributed by atoms with Gasteiger partial charge in [-0.15, -0.1) is 0 Å². The van der Waals surface area contributed by atoms with Crippen molar-refractivity contribution in [2.75, 3.05) is 12.4 Å². The second-order valence-corrected chi connectivity index (χ2v) is 5.59. The van der Waals surface area contributed by atoms with Crippen LogP contribution >= 0.6 is 11.6 Å². The molecule has 0 saturated carbocycles. The molecule has 3 rings (SSSR count). The highest BCUT2D eigenvalue weighted by molar-refractivity contribution is 6.33. The standard InChI is InChI=1S/C19H15ClN4O2/c1-26-23-12-13-8-9-16(22-11-13)14-5-2-3-7-17(14)24-19(25)15-6-4-10-21-18(15)20/h2-12H,1H3,(H,24,25). The molecule has 0 fully saturated rings. The van der Waals surface area contributed by atoms with Gasteiger partial charge in [0.15, 0.2) is 0 Å². The lowest BCUT2D eigenvalue weighted by Crippen LogP contribution is -2.13. The van der Waals surface area contributed by atoms with Crippen LogP contribution in [0, 0.1) is 0 Å². The van der Waals surface area contributed by atoms with Crippen molar-refractivity contribution in [2.45, 2.75) is 0 Å². The lowest BCUT2D eigenvalue weighted by molar-refractivity contribution is 0.102. The number of aromatic nitrogens is 2. The van der Waals surface area contributed by atoms with Crippen LogP contribution in [0.4, 0.5) is 5.69 Å². The van der Waals surface area contributed by atoms with Crippen molar-refractivity contribution in [3.63, 3.8) is 0 Å². The Labute approximate surface area is 155 Å². The van der Waals surface area contributed by atoms with Crippen molar-refractivity contribution in [3.05, 3.63) is 77.2 Å². The van der Waals surface area contributed by atoms with Gasteiger partial charge in [-0.05, 0) is 30.3 Å². The Balaban J connectivity index is 1.88. The average Bonchev–Trinajstić information content (AvgIpc) is 2.67. The van der Waals surface area contributed by atoms with Gasteiger partial charge in [-0.2, -0.15) is 0 Å². The molecule has 3 aromatic rings. The Kier molecular flexibility index (Phi) is 5.56. The van der Waals surface area contributed by atoms with Crippen LogP contribution in [-0.2, 0) is 4.84 Å². The van der Waals surface area contributed by atoms with Gasteiger partial charge in [-0.1, -0.05) is 35.0 Å². The summed E-state index contributed by atoms with van der Waals surface area (Å²) in [5.41, 5.74) is 3.24. The number of para-hydroxylation sites is 1. The van der Waals surface area contributed by atoms with Gasteiger partial charge in [0.05, 0.1) is 23.2 Å². The lowest BCUT2D eigenvalue weighted by Gasteiger charge is -2.11. The molecule has 1 amide bonds. The van der Waals surface area contributed by atoms with Gasteiger partial charge in [0.25, 0.3) is 5.91 Å². The molecule has 0 radical (unpaired) electrons. The van der Waals surface area contributed by atoms with Crippen LogP contribution in [0.15, 0.2) is 66.1 Å². The Morgan fingerprint density at radius 2 is 2.00 bits per heavy atom. The summed E-state index contributed by atoms with van der Waals surface area (Å²) in [6.07, 6.45) is 4.77. The number of nitrogens with zero attached hydrogens (tertiary/aromatic N) is 3. The number of benzene rings is 1. The first kappa shape index (κ1) is 17.6. The summed E-state index contributed by atoms with van der Waals surface area (Å²) in [5.74, 6) is -0.334. The molecule has 0 aliphatic rings. The SMILES string of the molecule is CON=Cc1ccc(-c2ccccc2NC(=O)c2cccnc2Cl)nc1. The molecular formula is C19H15ClN4O2. The Hall–Kier alpha value is -3.25. The minimum absolute atomic E-state index is 0.155. The molecule has 2 aromatic heterocycles. The van der Waals surface area contributed by atoms with Gasteiger partial charge in [-0.3, -0.25) is 9.78 Å². The van der Waals surface area contributed by atoms with Gasteiger partial charge < -0.3 is 10.2 Å². The van der Waals surface area contributed by atoms with Crippen LogP contribution < -0.4 is 5.32 Å². The number of carbonyl (C=O) groups excluding carboxylic acids is 1. The van der Waals surface area contributed by atoms with E-state index in [0.29, 0.717) is 16.9 Å². The fourth-order valence-electron chi connectivity index (χ4n) is 2.32. The molecule has 0 aliphatic carbocycles. The molecule has 6 nitrogen and oxygen atoms in total. The van der Waals surface area contributed by atoms with Crippen LogP contribution in [-0.4, -0.2) is 29.2 Å². The fourth-order valence-corrected chi connectivity index (χ4v) is 2.52. The number of rotatable bonds is 5. The molecule has 0 atom stereocenters. The Morgan fingerprint density at radius 3 is 2.73 bits per heavy atom.